The average Bonchev–Trinajstić information content (AvgIpc) is 3.03. The molecular formula is C24H34N6O3. The van der Waals surface area contributed by atoms with E-state index in [0.29, 0.717) is 5.95 Å². The zero-order valence-electron chi connectivity index (χ0n) is 20.1. The lowest BCUT2D eigenvalue weighted by atomic mass is 9.99. The van der Waals surface area contributed by atoms with Gasteiger partial charge in [-0.15, -0.1) is 0 Å². The van der Waals surface area contributed by atoms with Crippen molar-refractivity contribution in [2.24, 2.45) is 0 Å². The highest BCUT2D eigenvalue weighted by molar-refractivity contribution is 5.89. The first-order valence-corrected chi connectivity index (χ1v) is 11.4. The minimum absolute atomic E-state index is 0.0390. The Kier molecular flexibility index (Phi) is 6.30. The molecule has 9 nitrogen and oxygen atoms in total. The maximum atomic E-state index is 12.0. The van der Waals surface area contributed by atoms with E-state index < -0.39 is 11.8 Å². The number of rotatable bonds is 6. The van der Waals surface area contributed by atoms with Crippen LogP contribution in [-0.2, 0) is 11.3 Å². The van der Waals surface area contributed by atoms with Gasteiger partial charge in [-0.1, -0.05) is 24.3 Å². The molecule has 0 bridgehead atoms. The number of hydrogen-bond donors (Lipinski definition) is 2. The molecule has 0 saturated carbocycles. The first kappa shape index (κ1) is 23.4. The number of aromatic nitrogens is 2. The van der Waals surface area contributed by atoms with Gasteiger partial charge in [0.25, 0.3) is 0 Å². The van der Waals surface area contributed by atoms with Crippen molar-refractivity contribution >= 4 is 17.9 Å². The molecule has 4 rings (SSSR count). The van der Waals surface area contributed by atoms with Gasteiger partial charge in [-0.05, 0) is 51.9 Å². The van der Waals surface area contributed by atoms with Gasteiger partial charge in [0.2, 0.25) is 5.95 Å². The number of piperazine rings is 1. The summed E-state index contributed by atoms with van der Waals surface area (Å²) in [5.41, 5.74) is 1.14. The van der Waals surface area contributed by atoms with Gasteiger partial charge in [-0.25, -0.2) is 14.7 Å². The number of nitrogens with one attached hydrogen (secondary N) is 1. The summed E-state index contributed by atoms with van der Waals surface area (Å²) in [6.45, 7) is 12.2. The van der Waals surface area contributed by atoms with E-state index in [9.17, 15) is 9.90 Å². The number of amides is 1. The summed E-state index contributed by atoms with van der Waals surface area (Å²) in [5.74, 6) is 0.664. The van der Waals surface area contributed by atoms with E-state index >= 15 is 0 Å². The first-order valence-electron chi connectivity index (χ1n) is 11.4. The fourth-order valence-corrected chi connectivity index (χ4v) is 4.33. The summed E-state index contributed by atoms with van der Waals surface area (Å²) in [6.07, 6.45) is 0.928. The number of ether oxygens (including phenoxy) is 1. The van der Waals surface area contributed by atoms with E-state index in [1.165, 1.54) is 12.5 Å². The lowest BCUT2D eigenvalue weighted by Gasteiger charge is -2.45. The molecule has 2 saturated heterocycles. The minimum atomic E-state index is -1.44. The molecule has 1 amide bonds. The lowest BCUT2D eigenvalue weighted by Crippen LogP contribution is -2.57. The van der Waals surface area contributed by atoms with Gasteiger partial charge in [0.05, 0.1) is 6.04 Å². The third-order valence-corrected chi connectivity index (χ3v) is 6.63. The van der Waals surface area contributed by atoms with Crippen molar-refractivity contribution in [3.8, 4) is 0 Å². The summed E-state index contributed by atoms with van der Waals surface area (Å²) in [7, 11) is 2.19. The maximum absolute atomic E-state index is 12.0. The maximum Gasteiger partial charge on any atom is 0.418 e. The van der Waals surface area contributed by atoms with Crippen LogP contribution in [0.25, 0.3) is 0 Å². The Bertz CT molecular complexity index is 994. The van der Waals surface area contributed by atoms with Crippen LogP contribution in [0.1, 0.15) is 44.9 Å². The van der Waals surface area contributed by atoms with Crippen molar-refractivity contribution in [1.82, 2.24) is 19.8 Å². The lowest BCUT2D eigenvalue weighted by molar-refractivity contribution is 0.0360. The molecule has 0 aliphatic carbocycles. The number of likely N-dealkylation sites (N-methyl/N-ethyl adjacent to an activating group) is 1. The number of aliphatic hydroxyl groups is 1. The number of cyclic esters (lactones) is 1. The van der Waals surface area contributed by atoms with Gasteiger partial charge >= 0.3 is 6.09 Å². The quantitative estimate of drug-likeness (QED) is 0.688. The molecule has 1 unspecified atom stereocenters. The standard InChI is InChI=1S/C24H34N6O3/c1-17(26-21-25-11-10-20(27-21)30-22(31)33-16-24(30,4)32)19-8-6-18(7-9-19)14-29-13-12-28(5)23(2,3)15-29/h6-11,17,32H,12-16H2,1-5H3,(H,25,26,27)/t17-,24?/m0/s1. The molecule has 0 radical (unpaired) electrons. The molecule has 1 aromatic carbocycles. The normalized spacial score (nSPS) is 24.5. The molecule has 0 spiro atoms. The second kappa shape index (κ2) is 8.89. The third-order valence-electron chi connectivity index (χ3n) is 6.63. The monoisotopic (exact) mass is 454 g/mol. The average molecular weight is 455 g/mol. The zero-order chi connectivity index (χ0) is 23.8. The van der Waals surface area contributed by atoms with Gasteiger partial charge in [-0.2, -0.15) is 4.98 Å². The van der Waals surface area contributed by atoms with Crippen molar-refractivity contribution in [3.63, 3.8) is 0 Å². The summed E-state index contributed by atoms with van der Waals surface area (Å²) < 4.78 is 4.96. The number of carbonyl (C=O) groups is 1. The summed E-state index contributed by atoms with van der Waals surface area (Å²) in [6, 6.07) is 10.1. The van der Waals surface area contributed by atoms with Gasteiger partial charge in [0, 0.05) is 37.9 Å². The smallest absolute Gasteiger partial charge is 0.418 e. The highest BCUT2D eigenvalue weighted by Crippen LogP contribution is 2.28. The predicted octanol–water partition coefficient (Wildman–Crippen LogP) is 2.84. The largest absolute Gasteiger partial charge is 0.444 e. The molecule has 178 valence electrons. The molecule has 2 N–H and O–H groups in total. The second-order valence-corrected chi connectivity index (χ2v) is 9.90. The molecule has 2 aromatic rings. The number of anilines is 2. The molecular weight excluding hydrogens is 420 g/mol. The Hall–Kier alpha value is -2.75. The SMILES string of the molecule is C[C@H](Nc1nccc(N2C(=O)OCC2(C)O)n1)c1ccc(CN2CCN(C)C(C)(C)C2)cc1. The zero-order valence-corrected chi connectivity index (χ0v) is 20.1. The number of carbonyl (C=O) groups excluding carboxylic acids is 1. The van der Waals surface area contributed by atoms with Crippen LogP contribution >= 0.6 is 0 Å². The summed E-state index contributed by atoms with van der Waals surface area (Å²) in [5, 5.41) is 13.7. The van der Waals surface area contributed by atoms with Crippen molar-refractivity contribution < 1.29 is 14.6 Å². The first-order chi connectivity index (χ1) is 15.5. The highest BCUT2D eigenvalue weighted by atomic mass is 16.6. The third kappa shape index (κ3) is 5.10. The van der Waals surface area contributed by atoms with Gasteiger partial charge in [0.1, 0.15) is 12.4 Å². The van der Waals surface area contributed by atoms with E-state index in [4.69, 9.17) is 4.74 Å². The number of benzene rings is 1. The van der Waals surface area contributed by atoms with E-state index in [2.05, 4.69) is 70.2 Å². The molecule has 33 heavy (non-hydrogen) atoms. The van der Waals surface area contributed by atoms with E-state index in [-0.39, 0.29) is 24.0 Å². The molecule has 9 heteroatoms. The number of hydrogen-bond acceptors (Lipinski definition) is 8. The van der Waals surface area contributed by atoms with Crippen LogP contribution < -0.4 is 10.2 Å². The highest BCUT2D eigenvalue weighted by Gasteiger charge is 2.44. The Morgan fingerprint density at radius 3 is 2.55 bits per heavy atom. The van der Waals surface area contributed by atoms with Crippen molar-refractivity contribution in [2.75, 3.05) is 43.5 Å². The molecule has 2 aliphatic heterocycles. The van der Waals surface area contributed by atoms with Crippen LogP contribution in [0.2, 0.25) is 0 Å². The predicted molar refractivity (Wildman–Crippen MR) is 127 cm³/mol. The van der Waals surface area contributed by atoms with Crippen LogP contribution in [-0.4, -0.2) is 75.5 Å². The Balaban J connectivity index is 1.39. The number of nitrogens with zero attached hydrogens (tertiary/aromatic N) is 5. The fraction of sp³-hybridized carbons (Fsp3) is 0.542. The van der Waals surface area contributed by atoms with E-state index in [0.717, 1.165) is 36.6 Å². The Morgan fingerprint density at radius 1 is 1.18 bits per heavy atom. The van der Waals surface area contributed by atoms with Gasteiger partial charge in [-0.3, -0.25) is 9.80 Å². The molecule has 1 aromatic heterocycles. The minimum Gasteiger partial charge on any atom is -0.444 e. The van der Waals surface area contributed by atoms with E-state index in [1.807, 2.05) is 6.92 Å². The van der Waals surface area contributed by atoms with Crippen LogP contribution in [0, 0.1) is 0 Å². The van der Waals surface area contributed by atoms with Crippen LogP contribution in [0.3, 0.4) is 0 Å². The summed E-state index contributed by atoms with van der Waals surface area (Å²) >= 11 is 0. The van der Waals surface area contributed by atoms with Gasteiger partial charge in [0.15, 0.2) is 5.72 Å². The molecule has 2 atom stereocenters. The van der Waals surface area contributed by atoms with Crippen molar-refractivity contribution in [1.29, 1.82) is 0 Å². The Morgan fingerprint density at radius 2 is 1.91 bits per heavy atom. The molecule has 2 fully saturated rings. The second-order valence-electron chi connectivity index (χ2n) is 9.90. The van der Waals surface area contributed by atoms with Crippen LogP contribution in [0.4, 0.5) is 16.6 Å². The Labute approximate surface area is 195 Å². The van der Waals surface area contributed by atoms with Gasteiger partial charge < -0.3 is 15.2 Å². The van der Waals surface area contributed by atoms with Crippen LogP contribution in [0.15, 0.2) is 36.5 Å². The molecule has 2 aliphatic rings. The topological polar surface area (TPSA) is 94.1 Å². The van der Waals surface area contributed by atoms with E-state index in [1.54, 1.807) is 12.3 Å². The van der Waals surface area contributed by atoms with Crippen molar-refractivity contribution in [2.45, 2.75) is 51.5 Å². The fourth-order valence-electron chi connectivity index (χ4n) is 4.33. The van der Waals surface area contributed by atoms with Crippen molar-refractivity contribution in [3.05, 3.63) is 47.7 Å². The van der Waals surface area contributed by atoms with Crippen LogP contribution in [0.5, 0.6) is 0 Å². The summed E-state index contributed by atoms with van der Waals surface area (Å²) in [4.78, 5) is 26.8. The molecule has 3 heterocycles.